The van der Waals surface area contributed by atoms with E-state index in [9.17, 15) is 0 Å². The van der Waals surface area contributed by atoms with Gasteiger partial charge < -0.3 is 4.43 Å². The van der Waals surface area contributed by atoms with E-state index in [1.165, 1.54) is 19.3 Å². The maximum absolute atomic E-state index is 6.41. The van der Waals surface area contributed by atoms with Crippen LogP contribution in [0.25, 0.3) is 0 Å². The van der Waals surface area contributed by atoms with Crippen LogP contribution in [0, 0.1) is 0 Å². The molecule has 0 aromatic rings. The Labute approximate surface area is 103 Å². The lowest BCUT2D eigenvalue weighted by Gasteiger charge is -2.39. The molecule has 14 heavy (non-hydrogen) atoms. The largest absolute Gasteiger partial charge is 0.413 e. The number of rotatable bonds is 2. The molecule has 1 aliphatic carbocycles. The van der Waals surface area contributed by atoms with Crippen LogP contribution in [0.1, 0.15) is 40.0 Å². The molecule has 1 aliphatic rings. The molecule has 3 heteroatoms. The molecular formula is C11H23IOSi. The Morgan fingerprint density at radius 3 is 2.14 bits per heavy atom. The Balaban J connectivity index is 2.58. The zero-order valence-corrected chi connectivity index (χ0v) is 13.2. The summed E-state index contributed by atoms with van der Waals surface area (Å²) in [5, 5.41) is 0.353. The molecule has 0 aromatic carbocycles. The fourth-order valence-electron chi connectivity index (χ4n) is 1.57. The first-order valence-corrected chi connectivity index (χ1v) is 9.71. The normalized spacial score (nSPS) is 29.6. The molecule has 1 nitrogen and oxygen atoms in total. The molecule has 1 saturated carbocycles. The molecule has 0 amide bonds. The maximum Gasteiger partial charge on any atom is 0.192 e. The highest BCUT2D eigenvalue weighted by Gasteiger charge is 2.41. The molecule has 0 spiro atoms. The SMILES string of the molecule is CC(C)(C)[Si](C)(C)O[C@@H]1CCC[C@@H]1I. The third-order valence-corrected chi connectivity index (χ3v) is 9.55. The molecular weight excluding hydrogens is 303 g/mol. The molecule has 0 heterocycles. The van der Waals surface area contributed by atoms with Crippen molar-refractivity contribution in [3.05, 3.63) is 0 Å². The Bertz CT molecular complexity index is 198. The van der Waals surface area contributed by atoms with Gasteiger partial charge in [0.15, 0.2) is 8.32 Å². The second kappa shape index (κ2) is 4.42. The van der Waals surface area contributed by atoms with Crippen molar-refractivity contribution in [1.29, 1.82) is 0 Å². The standard InChI is InChI=1S/C11H23IOSi/c1-11(2,3)14(4,5)13-10-8-6-7-9(10)12/h9-10H,6-8H2,1-5H3/t9-,10+/m0/s1. The second-order valence-electron chi connectivity index (χ2n) is 5.86. The zero-order valence-electron chi connectivity index (χ0n) is 10.1. The van der Waals surface area contributed by atoms with Crippen LogP contribution >= 0.6 is 22.6 Å². The van der Waals surface area contributed by atoms with Crippen molar-refractivity contribution < 1.29 is 4.43 Å². The van der Waals surface area contributed by atoms with E-state index in [1.807, 2.05) is 0 Å². The van der Waals surface area contributed by atoms with Gasteiger partial charge in [0, 0.05) is 3.92 Å². The molecule has 0 aromatic heterocycles. The van der Waals surface area contributed by atoms with Gasteiger partial charge >= 0.3 is 0 Å². The van der Waals surface area contributed by atoms with Gasteiger partial charge in [-0.25, -0.2) is 0 Å². The Kier molecular flexibility index (Phi) is 4.09. The summed E-state index contributed by atoms with van der Waals surface area (Å²) >= 11 is 2.56. The summed E-state index contributed by atoms with van der Waals surface area (Å²) in [6.45, 7) is 11.7. The van der Waals surface area contributed by atoms with Gasteiger partial charge in [-0.15, -0.1) is 0 Å². The van der Waals surface area contributed by atoms with E-state index in [1.54, 1.807) is 0 Å². The molecule has 2 atom stereocenters. The topological polar surface area (TPSA) is 9.23 Å². The van der Waals surface area contributed by atoms with Crippen LogP contribution in [-0.2, 0) is 4.43 Å². The highest BCUT2D eigenvalue weighted by molar-refractivity contribution is 14.1. The van der Waals surface area contributed by atoms with Crippen molar-refractivity contribution in [3.8, 4) is 0 Å². The van der Waals surface area contributed by atoms with Gasteiger partial charge in [-0.1, -0.05) is 43.4 Å². The van der Waals surface area contributed by atoms with Crippen LogP contribution in [0.4, 0.5) is 0 Å². The Morgan fingerprint density at radius 2 is 1.79 bits per heavy atom. The molecule has 0 aliphatic heterocycles. The van der Waals surface area contributed by atoms with E-state index in [0.717, 1.165) is 3.92 Å². The van der Waals surface area contributed by atoms with E-state index >= 15 is 0 Å². The average molecular weight is 326 g/mol. The van der Waals surface area contributed by atoms with Gasteiger partial charge in [0.05, 0.1) is 6.10 Å². The second-order valence-corrected chi connectivity index (χ2v) is 12.2. The van der Waals surface area contributed by atoms with Crippen LogP contribution in [0.15, 0.2) is 0 Å². The Morgan fingerprint density at radius 1 is 1.21 bits per heavy atom. The quantitative estimate of drug-likeness (QED) is 0.416. The van der Waals surface area contributed by atoms with Gasteiger partial charge in [0.2, 0.25) is 0 Å². The molecule has 1 rings (SSSR count). The van der Waals surface area contributed by atoms with Gasteiger partial charge in [-0.3, -0.25) is 0 Å². The van der Waals surface area contributed by atoms with Gasteiger partial charge in [-0.05, 0) is 37.4 Å². The van der Waals surface area contributed by atoms with Crippen LogP contribution in [0.3, 0.4) is 0 Å². The van der Waals surface area contributed by atoms with Gasteiger partial charge in [0.25, 0.3) is 0 Å². The third kappa shape index (κ3) is 2.95. The lowest BCUT2D eigenvalue weighted by Crippen LogP contribution is -2.44. The predicted molar refractivity (Wildman–Crippen MR) is 73.7 cm³/mol. The van der Waals surface area contributed by atoms with Crippen LogP contribution < -0.4 is 0 Å². The fraction of sp³-hybridized carbons (Fsp3) is 1.00. The molecule has 0 N–H and O–H groups in total. The van der Waals surface area contributed by atoms with Crippen molar-refractivity contribution in [2.45, 2.75) is 68.2 Å². The third-order valence-electron chi connectivity index (χ3n) is 3.62. The lowest BCUT2D eigenvalue weighted by molar-refractivity contribution is 0.196. The minimum Gasteiger partial charge on any atom is -0.413 e. The van der Waals surface area contributed by atoms with Crippen molar-refractivity contribution >= 4 is 30.9 Å². The molecule has 84 valence electrons. The first kappa shape index (κ1) is 13.0. The van der Waals surface area contributed by atoms with Crippen molar-refractivity contribution in [2.24, 2.45) is 0 Å². The molecule has 0 radical (unpaired) electrons. The number of hydrogen-bond acceptors (Lipinski definition) is 1. The molecule has 0 unspecified atom stereocenters. The van der Waals surface area contributed by atoms with Crippen LogP contribution in [-0.4, -0.2) is 18.3 Å². The molecule has 0 bridgehead atoms. The summed E-state index contributed by atoms with van der Waals surface area (Å²) in [6, 6.07) is 0. The van der Waals surface area contributed by atoms with Crippen LogP contribution in [0.2, 0.25) is 18.1 Å². The van der Waals surface area contributed by atoms with E-state index in [2.05, 4.69) is 56.5 Å². The van der Waals surface area contributed by atoms with Crippen molar-refractivity contribution in [3.63, 3.8) is 0 Å². The summed E-state index contributed by atoms with van der Waals surface area (Å²) in [5.74, 6) is 0. The summed E-state index contributed by atoms with van der Waals surface area (Å²) in [4.78, 5) is 0. The maximum atomic E-state index is 6.41. The van der Waals surface area contributed by atoms with E-state index in [0.29, 0.717) is 11.1 Å². The van der Waals surface area contributed by atoms with E-state index < -0.39 is 8.32 Å². The first-order valence-electron chi connectivity index (χ1n) is 5.56. The van der Waals surface area contributed by atoms with E-state index in [-0.39, 0.29) is 0 Å². The van der Waals surface area contributed by atoms with Crippen molar-refractivity contribution in [2.75, 3.05) is 0 Å². The fourth-order valence-corrected chi connectivity index (χ4v) is 4.19. The highest BCUT2D eigenvalue weighted by Crippen LogP contribution is 2.40. The average Bonchev–Trinajstić information content (AvgIpc) is 2.33. The monoisotopic (exact) mass is 326 g/mol. The summed E-state index contributed by atoms with van der Waals surface area (Å²) in [6.07, 6.45) is 4.52. The van der Waals surface area contributed by atoms with Crippen molar-refractivity contribution in [1.82, 2.24) is 0 Å². The Hall–Kier alpha value is 0.907. The minimum absolute atomic E-state index is 0.353. The molecule has 0 saturated heterocycles. The summed E-state index contributed by atoms with van der Waals surface area (Å²) in [7, 11) is -1.52. The minimum atomic E-state index is -1.52. The predicted octanol–water partition coefficient (Wildman–Crippen LogP) is 4.36. The zero-order chi connectivity index (χ0) is 11.0. The summed E-state index contributed by atoms with van der Waals surface area (Å²) in [5.41, 5.74) is 0. The van der Waals surface area contributed by atoms with Crippen LogP contribution in [0.5, 0.6) is 0 Å². The van der Waals surface area contributed by atoms with Gasteiger partial charge in [-0.2, -0.15) is 0 Å². The number of alkyl halides is 1. The number of halogens is 1. The summed E-state index contributed by atoms with van der Waals surface area (Å²) < 4.78 is 7.16. The first-order chi connectivity index (χ1) is 6.24. The smallest absolute Gasteiger partial charge is 0.192 e. The highest BCUT2D eigenvalue weighted by atomic mass is 127. The number of hydrogen-bond donors (Lipinski definition) is 0. The van der Waals surface area contributed by atoms with Gasteiger partial charge in [0.1, 0.15) is 0 Å². The lowest BCUT2D eigenvalue weighted by atomic mass is 10.2. The molecule has 1 fully saturated rings. The van der Waals surface area contributed by atoms with E-state index in [4.69, 9.17) is 4.43 Å².